The van der Waals surface area contributed by atoms with Crippen LogP contribution >= 0.6 is 11.6 Å². The zero-order valence-corrected chi connectivity index (χ0v) is 22.5. The summed E-state index contributed by atoms with van der Waals surface area (Å²) in [6, 6.07) is 20.1. The highest BCUT2D eigenvalue weighted by Gasteiger charge is 2.36. The van der Waals surface area contributed by atoms with Crippen molar-refractivity contribution < 1.29 is 18.0 Å². The maximum atomic E-state index is 13.7. The number of benzene rings is 3. The van der Waals surface area contributed by atoms with Crippen molar-refractivity contribution in [3.8, 4) is 0 Å². The number of hydrogen-bond acceptors (Lipinski definition) is 4. The molecule has 1 fully saturated rings. The first-order valence-electron chi connectivity index (χ1n) is 12.9. The molecule has 198 valence electrons. The minimum atomic E-state index is -4.00. The maximum absolute atomic E-state index is 13.7. The monoisotopic (exact) mass is 551 g/mol. The number of halogens is 1. The lowest BCUT2D eigenvalue weighted by Gasteiger charge is -2.29. The Morgan fingerprint density at radius 3 is 2.47 bits per heavy atom. The van der Waals surface area contributed by atoms with Gasteiger partial charge in [-0.2, -0.15) is 4.31 Å². The molecule has 1 saturated heterocycles. The molecule has 0 spiro atoms. The van der Waals surface area contributed by atoms with Crippen LogP contribution < -0.4 is 10.6 Å². The highest BCUT2D eigenvalue weighted by Crippen LogP contribution is 2.31. The molecule has 2 atom stereocenters. The van der Waals surface area contributed by atoms with Gasteiger partial charge in [0.1, 0.15) is 6.04 Å². The number of hydrogen-bond donors (Lipinski definition) is 2. The fraction of sp³-hybridized carbons (Fsp3) is 0.310. The molecule has 1 unspecified atom stereocenters. The molecule has 2 amide bonds. The summed E-state index contributed by atoms with van der Waals surface area (Å²) in [7, 11) is -4.00. The Kier molecular flexibility index (Phi) is 7.83. The van der Waals surface area contributed by atoms with E-state index < -0.39 is 16.1 Å². The average molecular weight is 552 g/mol. The first-order chi connectivity index (χ1) is 18.3. The van der Waals surface area contributed by atoms with Gasteiger partial charge in [-0.15, -0.1) is 0 Å². The molecule has 1 aliphatic carbocycles. The van der Waals surface area contributed by atoms with Crippen LogP contribution in [0, 0.1) is 0 Å². The summed E-state index contributed by atoms with van der Waals surface area (Å²) < 4.78 is 28.7. The predicted octanol–water partition coefficient (Wildman–Crippen LogP) is 4.62. The molecular formula is C29H30ClN3O4S. The molecule has 2 aliphatic rings. The molecule has 1 aliphatic heterocycles. The van der Waals surface area contributed by atoms with Crippen molar-refractivity contribution in [2.45, 2.75) is 55.6 Å². The number of nitrogens with zero attached hydrogens (tertiary/aromatic N) is 1. The third-order valence-electron chi connectivity index (χ3n) is 7.27. The topological polar surface area (TPSA) is 95.6 Å². The van der Waals surface area contributed by atoms with E-state index in [-0.39, 0.29) is 29.3 Å². The number of carbonyl (C=O) groups is 2. The van der Waals surface area contributed by atoms with E-state index in [1.165, 1.54) is 34.1 Å². The molecule has 9 heteroatoms. The number of fused-ring (bicyclic) bond motifs is 1. The summed E-state index contributed by atoms with van der Waals surface area (Å²) >= 11 is 5.98. The summed E-state index contributed by atoms with van der Waals surface area (Å²) in [6.45, 7) is 0.528. The second-order valence-corrected chi connectivity index (χ2v) is 12.1. The number of aryl methyl sites for hydroxylation is 1. The Morgan fingerprint density at radius 2 is 1.71 bits per heavy atom. The van der Waals surface area contributed by atoms with E-state index in [1.807, 2.05) is 12.1 Å². The zero-order valence-electron chi connectivity index (χ0n) is 20.9. The van der Waals surface area contributed by atoms with Crippen LogP contribution in [-0.2, 0) is 27.8 Å². The van der Waals surface area contributed by atoms with Crippen LogP contribution in [0.15, 0.2) is 77.7 Å². The fourth-order valence-electron chi connectivity index (χ4n) is 5.19. The van der Waals surface area contributed by atoms with Crippen molar-refractivity contribution >= 4 is 33.4 Å². The molecule has 0 radical (unpaired) electrons. The lowest BCUT2D eigenvalue weighted by Crippen LogP contribution is -2.48. The van der Waals surface area contributed by atoms with Gasteiger partial charge in [-0.25, -0.2) is 8.42 Å². The fourth-order valence-corrected chi connectivity index (χ4v) is 6.92. The van der Waals surface area contributed by atoms with Gasteiger partial charge in [0.05, 0.1) is 10.9 Å². The van der Waals surface area contributed by atoms with Crippen LogP contribution in [0.1, 0.15) is 58.8 Å². The summed E-state index contributed by atoms with van der Waals surface area (Å²) in [4.78, 5) is 25.9. The minimum Gasteiger partial charge on any atom is -0.355 e. The van der Waals surface area contributed by atoms with Gasteiger partial charge in [0, 0.05) is 23.7 Å². The van der Waals surface area contributed by atoms with Crippen molar-refractivity contribution in [1.82, 2.24) is 14.9 Å². The van der Waals surface area contributed by atoms with Crippen molar-refractivity contribution in [2.75, 3.05) is 6.54 Å². The third kappa shape index (κ3) is 5.62. The van der Waals surface area contributed by atoms with Crippen LogP contribution in [0.4, 0.5) is 0 Å². The highest BCUT2D eigenvalue weighted by molar-refractivity contribution is 7.89. The number of amides is 2. The van der Waals surface area contributed by atoms with E-state index in [0.29, 0.717) is 29.1 Å². The minimum absolute atomic E-state index is 0.000938. The third-order valence-corrected chi connectivity index (χ3v) is 9.39. The second-order valence-electron chi connectivity index (χ2n) is 9.77. The summed E-state index contributed by atoms with van der Waals surface area (Å²) in [5.74, 6) is -0.472. The van der Waals surface area contributed by atoms with Gasteiger partial charge in [0.15, 0.2) is 0 Å². The first-order valence-corrected chi connectivity index (χ1v) is 14.7. The van der Waals surface area contributed by atoms with E-state index in [1.54, 1.807) is 24.3 Å². The highest BCUT2D eigenvalue weighted by atomic mass is 35.5. The molecule has 0 aromatic heterocycles. The van der Waals surface area contributed by atoms with E-state index >= 15 is 0 Å². The molecule has 3 aromatic rings. The van der Waals surface area contributed by atoms with E-state index in [2.05, 4.69) is 22.8 Å². The molecule has 2 N–H and O–H groups in total. The van der Waals surface area contributed by atoms with Crippen molar-refractivity contribution in [1.29, 1.82) is 0 Å². The molecule has 0 saturated carbocycles. The van der Waals surface area contributed by atoms with Gasteiger partial charge < -0.3 is 10.6 Å². The van der Waals surface area contributed by atoms with Gasteiger partial charge in [-0.05, 0) is 85.2 Å². The first kappa shape index (κ1) is 26.4. The van der Waals surface area contributed by atoms with Gasteiger partial charge in [0.2, 0.25) is 15.9 Å². The summed E-state index contributed by atoms with van der Waals surface area (Å²) in [5, 5.41) is 6.39. The van der Waals surface area contributed by atoms with Gasteiger partial charge in [-0.3, -0.25) is 9.59 Å². The number of sulfonamides is 1. The normalized spacial score (nSPS) is 19.5. The second kappa shape index (κ2) is 11.3. The van der Waals surface area contributed by atoms with E-state index in [9.17, 15) is 18.0 Å². The van der Waals surface area contributed by atoms with Gasteiger partial charge in [0.25, 0.3) is 5.91 Å². The molecule has 1 heterocycles. The zero-order chi connectivity index (χ0) is 26.7. The van der Waals surface area contributed by atoms with Gasteiger partial charge >= 0.3 is 0 Å². The Balaban J connectivity index is 1.36. The quantitative estimate of drug-likeness (QED) is 0.448. The summed E-state index contributed by atoms with van der Waals surface area (Å²) in [5.41, 5.74) is 3.60. The van der Waals surface area contributed by atoms with Crippen LogP contribution in [0.2, 0.25) is 5.02 Å². The van der Waals surface area contributed by atoms with Crippen LogP contribution in [-0.4, -0.2) is 37.1 Å². The number of carbonyl (C=O) groups excluding carboxylic acids is 2. The Labute approximate surface area is 228 Å². The average Bonchev–Trinajstić information content (AvgIpc) is 3.20. The van der Waals surface area contributed by atoms with Crippen LogP contribution in [0.5, 0.6) is 0 Å². The Hall–Kier alpha value is -3.20. The smallest absolute Gasteiger partial charge is 0.251 e. The van der Waals surface area contributed by atoms with Gasteiger partial charge in [-0.1, -0.05) is 48.0 Å². The Bertz CT molecular complexity index is 1420. The van der Waals surface area contributed by atoms with E-state index in [0.717, 1.165) is 31.2 Å². The molecule has 0 bridgehead atoms. The van der Waals surface area contributed by atoms with Crippen LogP contribution in [0.3, 0.4) is 0 Å². The summed E-state index contributed by atoms with van der Waals surface area (Å²) in [6.07, 6.45) is 3.77. The Morgan fingerprint density at radius 1 is 0.974 bits per heavy atom. The van der Waals surface area contributed by atoms with Crippen molar-refractivity contribution in [3.63, 3.8) is 0 Å². The van der Waals surface area contributed by atoms with Crippen molar-refractivity contribution in [3.05, 3.63) is 100 Å². The standard InChI is InChI=1S/C29H30ClN3O4S/c30-23-13-15-24(16-14-23)38(36,37)33(27-7-3-4-18-31-29(27)35)19-20-8-10-22(11-9-20)28(34)32-26-17-12-21-5-1-2-6-25(21)26/h1-2,5-6,8-11,13-16,26-27H,3-4,7,12,17-19H2,(H,31,35)(H,32,34)/t26?,27-/m1/s1. The lowest BCUT2D eigenvalue weighted by molar-refractivity contribution is -0.124. The SMILES string of the molecule is O=C(NC1CCc2ccccc21)c1ccc(CN([C@@H]2CCCCNC2=O)S(=O)(=O)c2ccc(Cl)cc2)cc1. The molecule has 5 rings (SSSR count). The number of rotatable bonds is 7. The molecule has 3 aromatic carbocycles. The lowest BCUT2D eigenvalue weighted by atomic mass is 10.1. The van der Waals surface area contributed by atoms with Crippen molar-refractivity contribution in [2.24, 2.45) is 0 Å². The maximum Gasteiger partial charge on any atom is 0.251 e. The van der Waals surface area contributed by atoms with Crippen LogP contribution in [0.25, 0.3) is 0 Å². The molecule has 38 heavy (non-hydrogen) atoms. The molecular weight excluding hydrogens is 522 g/mol. The van der Waals surface area contributed by atoms with E-state index in [4.69, 9.17) is 11.6 Å². The molecule has 7 nitrogen and oxygen atoms in total. The predicted molar refractivity (Wildman–Crippen MR) is 146 cm³/mol. The largest absolute Gasteiger partial charge is 0.355 e. The number of nitrogens with one attached hydrogen (secondary N) is 2.